The first-order valence-corrected chi connectivity index (χ1v) is 12.2. The van der Waals surface area contributed by atoms with Crippen molar-refractivity contribution in [2.45, 2.75) is 58.7 Å². The summed E-state index contributed by atoms with van der Waals surface area (Å²) in [5.74, 6) is -3.68. The van der Waals surface area contributed by atoms with Gasteiger partial charge in [-0.1, -0.05) is 6.42 Å². The fraction of sp³-hybridized carbons (Fsp3) is 0.462. The van der Waals surface area contributed by atoms with Gasteiger partial charge in [0.1, 0.15) is 18.1 Å². The second kappa shape index (κ2) is 14.2. The molecule has 1 heterocycles. The molecular weight excluding hydrogens is 505 g/mol. The summed E-state index contributed by atoms with van der Waals surface area (Å²) in [6.45, 7) is 5.83. The van der Waals surface area contributed by atoms with E-state index in [0.717, 1.165) is 5.69 Å². The Balaban J connectivity index is 2.25. The molecule has 0 atom stereocenters. The first-order chi connectivity index (χ1) is 17.9. The minimum absolute atomic E-state index is 0.135. The van der Waals surface area contributed by atoms with Crippen molar-refractivity contribution in [3.05, 3.63) is 47.8 Å². The molecule has 1 aromatic carbocycles. The van der Waals surface area contributed by atoms with Gasteiger partial charge in [0.15, 0.2) is 0 Å². The van der Waals surface area contributed by atoms with E-state index in [1.165, 1.54) is 24.0 Å². The summed E-state index contributed by atoms with van der Waals surface area (Å²) in [5, 5.41) is 3.13. The maximum Gasteiger partial charge on any atom is 0.491 e. The number of pyridine rings is 1. The van der Waals surface area contributed by atoms with Crippen LogP contribution in [0.5, 0.6) is 11.5 Å². The average Bonchev–Trinajstić information content (AvgIpc) is 2.84. The number of ether oxygens (including phenoxy) is 2. The van der Waals surface area contributed by atoms with Gasteiger partial charge in [0.05, 0.1) is 5.56 Å². The van der Waals surface area contributed by atoms with Crippen LogP contribution in [0.15, 0.2) is 36.7 Å². The molecule has 2 aromatic rings. The van der Waals surface area contributed by atoms with Gasteiger partial charge in [-0.25, -0.2) is 4.79 Å². The van der Waals surface area contributed by atoms with Crippen molar-refractivity contribution in [3.8, 4) is 11.5 Å². The van der Waals surface area contributed by atoms with Gasteiger partial charge in [-0.15, -0.1) is 0 Å². The second-order valence-corrected chi connectivity index (χ2v) is 8.88. The van der Waals surface area contributed by atoms with Gasteiger partial charge in [-0.2, -0.15) is 13.2 Å². The van der Waals surface area contributed by atoms with Gasteiger partial charge < -0.3 is 25.4 Å². The first kappa shape index (κ1) is 30.4. The van der Waals surface area contributed by atoms with E-state index >= 15 is 0 Å². The Labute approximate surface area is 219 Å². The lowest BCUT2D eigenvalue weighted by Gasteiger charge is -2.28. The molecule has 0 saturated carbocycles. The molecule has 0 radical (unpaired) electrons. The molecule has 38 heavy (non-hydrogen) atoms. The number of hydrogen-bond donors (Lipinski definition) is 2. The monoisotopic (exact) mass is 538 g/mol. The van der Waals surface area contributed by atoms with Gasteiger partial charge in [0.2, 0.25) is 5.91 Å². The smallest absolute Gasteiger partial charge is 0.491 e. The number of aryl methyl sites for hydroxylation is 1. The molecule has 0 saturated heterocycles. The zero-order valence-electron chi connectivity index (χ0n) is 21.6. The Kier molecular flexibility index (Phi) is 11.4. The number of hydrogen-bond acceptors (Lipinski definition) is 7. The quantitative estimate of drug-likeness (QED) is 0.209. The number of amides is 2. The van der Waals surface area contributed by atoms with E-state index < -0.39 is 29.7 Å². The predicted octanol–water partition coefficient (Wildman–Crippen LogP) is 4.24. The highest BCUT2D eigenvalue weighted by Gasteiger charge is 2.42. The number of rotatable bonds is 14. The van der Waals surface area contributed by atoms with Crippen LogP contribution >= 0.6 is 0 Å². The van der Waals surface area contributed by atoms with Crippen molar-refractivity contribution in [2.24, 2.45) is 5.73 Å². The number of nitrogens with zero attached hydrogens (tertiary/aromatic N) is 2. The van der Waals surface area contributed by atoms with Crippen molar-refractivity contribution >= 4 is 23.5 Å². The third kappa shape index (κ3) is 9.56. The molecule has 0 aliphatic carbocycles. The van der Waals surface area contributed by atoms with Crippen molar-refractivity contribution in [3.63, 3.8) is 0 Å². The van der Waals surface area contributed by atoms with Crippen LogP contribution in [0.1, 0.15) is 55.5 Å². The SMILES string of the molecule is Cc1cc(OCCNc2ccncc2)cc(C(=O)N(CCCCCC(N)=O)C(C)C)c1OC(=O)C(F)(F)F. The van der Waals surface area contributed by atoms with Gasteiger partial charge in [0, 0.05) is 43.6 Å². The molecule has 0 aliphatic heterocycles. The van der Waals surface area contributed by atoms with Gasteiger partial charge in [-0.3, -0.25) is 14.6 Å². The highest BCUT2D eigenvalue weighted by atomic mass is 19.4. The van der Waals surface area contributed by atoms with E-state index in [-0.39, 0.29) is 42.5 Å². The number of halogens is 3. The van der Waals surface area contributed by atoms with E-state index in [1.807, 2.05) is 0 Å². The summed E-state index contributed by atoms with van der Waals surface area (Å²) >= 11 is 0. The van der Waals surface area contributed by atoms with Crippen molar-refractivity contribution in [2.75, 3.05) is 25.0 Å². The van der Waals surface area contributed by atoms with Crippen LogP contribution in [0.2, 0.25) is 0 Å². The number of nitrogens with one attached hydrogen (secondary N) is 1. The zero-order valence-corrected chi connectivity index (χ0v) is 21.6. The normalized spacial score (nSPS) is 11.2. The highest BCUT2D eigenvalue weighted by molar-refractivity contribution is 5.99. The number of unbranched alkanes of at least 4 members (excludes halogenated alkanes) is 2. The minimum Gasteiger partial charge on any atom is -0.492 e. The number of nitrogens with two attached hydrogens (primary N) is 1. The largest absolute Gasteiger partial charge is 0.492 e. The summed E-state index contributed by atoms with van der Waals surface area (Å²) in [5.41, 5.74) is 5.90. The number of carbonyl (C=O) groups excluding carboxylic acids is 3. The summed E-state index contributed by atoms with van der Waals surface area (Å²) in [4.78, 5) is 41.5. The Morgan fingerprint density at radius 3 is 2.39 bits per heavy atom. The molecule has 2 rings (SSSR count). The third-order valence-electron chi connectivity index (χ3n) is 5.49. The maximum atomic E-state index is 13.5. The van der Waals surface area contributed by atoms with Crippen LogP contribution in [-0.4, -0.2) is 59.6 Å². The minimum atomic E-state index is -5.24. The molecule has 0 spiro atoms. The number of alkyl halides is 3. The number of esters is 1. The summed E-state index contributed by atoms with van der Waals surface area (Å²) < 4.78 is 49.3. The number of aromatic nitrogens is 1. The van der Waals surface area contributed by atoms with Gasteiger partial charge >= 0.3 is 12.1 Å². The molecule has 12 heteroatoms. The molecule has 1 aromatic heterocycles. The van der Waals surface area contributed by atoms with E-state index in [9.17, 15) is 27.6 Å². The molecule has 0 fully saturated rings. The number of benzene rings is 1. The standard InChI is InChI=1S/C26H33F3N4O5/c1-17(2)33(13-6-4-5-7-22(30)34)24(35)21-16-20(37-14-12-32-19-8-10-31-11-9-19)15-18(3)23(21)38-25(36)26(27,28)29/h8-11,15-17H,4-7,12-14H2,1-3H3,(H2,30,34)(H,31,32). The molecule has 3 N–H and O–H groups in total. The zero-order chi connectivity index (χ0) is 28.3. The lowest BCUT2D eigenvalue weighted by Crippen LogP contribution is -2.38. The second-order valence-electron chi connectivity index (χ2n) is 8.88. The van der Waals surface area contributed by atoms with Crippen LogP contribution in [0, 0.1) is 6.92 Å². The first-order valence-electron chi connectivity index (χ1n) is 12.2. The Bertz CT molecular complexity index is 1090. The molecule has 9 nitrogen and oxygen atoms in total. The molecule has 0 aliphatic rings. The van der Waals surface area contributed by atoms with Gasteiger partial charge in [-0.05, 0) is 63.4 Å². The van der Waals surface area contributed by atoms with Crippen molar-refractivity contribution in [1.29, 1.82) is 0 Å². The molecule has 208 valence electrons. The fourth-order valence-corrected chi connectivity index (χ4v) is 3.61. The van der Waals surface area contributed by atoms with Gasteiger partial charge in [0.25, 0.3) is 5.91 Å². The third-order valence-corrected chi connectivity index (χ3v) is 5.49. The van der Waals surface area contributed by atoms with Crippen LogP contribution in [0.25, 0.3) is 0 Å². The molecule has 0 unspecified atom stereocenters. The lowest BCUT2D eigenvalue weighted by molar-refractivity contribution is -0.189. The predicted molar refractivity (Wildman–Crippen MR) is 135 cm³/mol. The van der Waals surface area contributed by atoms with E-state index in [2.05, 4.69) is 15.0 Å². The Morgan fingerprint density at radius 2 is 1.79 bits per heavy atom. The maximum absolute atomic E-state index is 13.5. The highest BCUT2D eigenvalue weighted by Crippen LogP contribution is 2.33. The van der Waals surface area contributed by atoms with Crippen LogP contribution < -0.4 is 20.5 Å². The number of anilines is 1. The molecule has 0 bridgehead atoms. The Morgan fingerprint density at radius 1 is 1.11 bits per heavy atom. The van der Waals surface area contributed by atoms with Crippen molar-refractivity contribution in [1.82, 2.24) is 9.88 Å². The number of primary amides is 1. The van der Waals surface area contributed by atoms with E-state index in [0.29, 0.717) is 25.8 Å². The number of carbonyl (C=O) groups is 3. The Hall–Kier alpha value is -3.83. The summed E-state index contributed by atoms with van der Waals surface area (Å²) in [7, 11) is 0. The molecule has 2 amide bonds. The lowest BCUT2D eigenvalue weighted by atomic mass is 10.1. The van der Waals surface area contributed by atoms with Crippen molar-refractivity contribution < 1.29 is 37.0 Å². The topological polar surface area (TPSA) is 124 Å². The van der Waals surface area contributed by atoms with E-state index in [4.69, 9.17) is 10.5 Å². The van der Waals surface area contributed by atoms with Crippen LogP contribution in [0.3, 0.4) is 0 Å². The summed E-state index contributed by atoms with van der Waals surface area (Å²) in [6.07, 6.45) is -0.0274. The molecular formula is C26H33F3N4O5. The summed E-state index contributed by atoms with van der Waals surface area (Å²) in [6, 6.07) is 5.94. The van der Waals surface area contributed by atoms with E-state index in [1.54, 1.807) is 38.4 Å². The van der Waals surface area contributed by atoms with Crippen LogP contribution in [-0.2, 0) is 9.59 Å². The average molecular weight is 539 g/mol. The fourth-order valence-electron chi connectivity index (χ4n) is 3.61. The van der Waals surface area contributed by atoms with Crippen LogP contribution in [0.4, 0.5) is 18.9 Å².